The molecule has 3 unspecified atom stereocenters. The van der Waals surface area contributed by atoms with Gasteiger partial charge in [0.15, 0.2) is 0 Å². The van der Waals surface area contributed by atoms with Crippen LogP contribution in [0.3, 0.4) is 0 Å². The maximum absolute atomic E-state index is 14.7. The van der Waals surface area contributed by atoms with E-state index in [0.29, 0.717) is 11.9 Å². The normalized spacial score (nSPS) is 29.6. The summed E-state index contributed by atoms with van der Waals surface area (Å²) in [5.74, 6) is -2.60. The van der Waals surface area contributed by atoms with Gasteiger partial charge in [-0.3, -0.25) is 14.4 Å². The SMILES string of the molecule is C=CCOC(=O)[C@H]1[C@H]2C(=O)N([C@@H](CO)C(C)C)C(C(=O)N(CC=C)Cn3nnc4ccccc43)C23CC(Br)[C@@H]1S3. The minimum absolute atomic E-state index is 0.0455. The molecule has 2 aromatic rings. The lowest BCUT2D eigenvalue weighted by molar-refractivity contribution is -0.153. The van der Waals surface area contributed by atoms with Gasteiger partial charge in [0.1, 0.15) is 24.8 Å². The largest absolute Gasteiger partial charge is 0.461 e. The van der Waals surface area contributed by atoms with Crippen molar-refractivity contribution in [2.24, 2.45) is 17.8 Å². The molecule has 3 aliphatic rings. The molecule has 10 nitrogen and oxygen atoms in total. The van der Waals surface area contributed by atoms with E-state index in [-0.39, 0.29) is 54.2 Å². The number of para-hydroxylation sites is 1. The number of fused-ring (bicyclic) bond motifs is 2. The Kier molecular flexibility index (Phi) is 8.13. The van der Waals surface area contributed by atoms with Gasteiger partial charge in [0.25, 0.3) is 0 Å². The molecule has 0 saturated carbocycles. The number of alkyl halides is 1. The second kappa shape index (κ2) is 11.3. The van der Waals surface area contributed by atoms with E-state index in [1.54, 1.807) is 20.6 Å². The van der Waals surface area contributed by atoms with E-state index >= 15 is 0 Å². The number of aromatic nitrogens is 3. The summed E-state index contributed by atoms with van der Waals surface area (Å²) in [6, 6.07) is 5.99. The van der Waals surface area contributed by atoms with Gasteiger partial charge < -0.3 is 19.6 Å². The molecule has 3 aliphatic heterocycles. The molecule has 3 fully saturated rings. The summed E-state index contributed by atoms with van der Waals surface area (Å²) in [4.78, 5) is 45.4. The fourth-order valence-corrected chi connectivity index (χ4v) is 10.1. The summed E-state index contributed by atoms with van der Waals surface area (Å²) < 4.78 is 6.24. The highest BCUT2D eigenvalue weighted by molar-refractivity contribution is 9.09. The summed E-state index contributed by atoms with van der Waals surface area (Å²) in [6.45, 7) is 11.4. The number of amides is 2. The smallest absolute Gasteiger partial charge is 0.311 e. The van der Waals surface area contributed by atoms with Gasteiger partial charge in [-0.1, -0.05) is 65.9 Å². The number of hydrogen-bond acceptors (Lipinski definition) is 8. The van der Waals surface area contributed by atoms with Gasteiger partial charge in [-0.2, -0.15) is 0 Å². The Morgan fingerprint density at radius 2 is 2.08 bits per heavy atom. The van der Waals surface area contributed by atoms with E-state index in [1.165, 1.54) is 17.8 Å². The van der Waals surface area contributed by atoms with E-state index in [4.69, 9.17) is 4.74 Å². The van der Waals surface area contributed by atoms with Crippen LogP contribution >= 0.6 is 27.7 Å². The molecule has 2 amide bonds. The lowest BCUT2D eigenvalue weighted by Crippen LogP contribution is -2.58. The van der Waals surface area contributed by atoms with Crippen LogP contribution in [0, 0.1) is 17.8 Å². The average Bonchev–Trinajstić information content (AvgIpc) is 3.65. The number of halogens is 1. The molecule has 1 aromatic heterocycles. The number of aliphatic hydroxyl groups excluding tert-OH is 1. The Morgan fingerprint density at radius 1 is 1.32 bits per heavy atom. The lowest BCUT2D eigenvalue weighted by Gasteiger charge is -2.40. The molecule has 3 saturated heterocycles. The molecule has 7 atom stereocenters. The van der Waals surface area contributed by atoms with Crippen LogP contribution in [0.2, 0.25) is 0 Å². The maximum atomic E-state index is 14.7. The molecule has 40 heavy (non-hydrogen) atoms. The highest BCUT2D eigenvalue weighted by Crippen LogP contribution is 2.68. The summed E-state index contributed by atoms with van der Waals surface area (Å²) in [5.41, 5.74) is 1.48. The Labute approximate surface area is 245 Å². The number of likely N-dealkylation sites (tertiary alicyclic amines) is 1. The third kappa shape index (κ3) is 4.48. The first-order valence-electron chi connectivity index (χ1n) is 13.4. The summed E-state index contributed by atoms with van der Waals surface area (Å²) in [7, 11) is 0. The van der Waals surface area contributed by atoms with Crippen LogP contribution in [-0.4, -0.2) is 94.4 Å². The zero-order chi connectivity index (χ0) is 28.8. The molecular formula is C28H34BrN5O5S. The molecule has 1 spiro atoms. The highest BCUT2D eigenvalue weighted by Gasteiger charge is 2.76. The zero-order valence-electron chi connectivity index (χ0n) is 22.6. The topological polar surface area (TPSA) is 118 Å². The van der Waals surface area contributed by atoms with Gasteiger partial charge in [0.2, 0.25) is 11.8 Å². The predicted molar refractivity (Wildman–Crippen MR) is 155 cm³/mol. The third-order valence-corrected chi connectivity index (χ3v) is 11.5. The standard InChI is InChI=1S/C28H34BrN5O5S/c1-5-11-32(15-33-19-10-8-7-9-18(19)30-31-33)26(37)24-28-13-17(29)23(40-28)21(27(38)39-12-6-2)22(28)25(36)34(24)20(14-35)16(3)4/h5-10,16-17,20-24,35H,1-2,11-15H2,3-4H3/t17?,20-,21-,22-,23-,24?,28?/m0/s1. The van der Waals surface area contributed by atoms with E-state index in [2.05, 4.69) is 39.4 Å². The number of nitrogens with zero attached hydrogens (tertiary/aromatic N) is 5. The van der Waals surface area contributed by atoms with Crippen LogP contribution in [0.5, 0.6) is 0 Å². The quantitative estimate of drug-likeness (QED) is 0.228. The molecule has 0 aliphatic carbocycles. The van der Waals surface area contributed by atoms with Crippen molar-refractivity contribution in [1.29, 1.82) is 0 Å². The van der Waals surface area contributed by atoms with Gasteiger partial charge in [-0.15, -0.1) is 23.4 Å². The van der Waals surface area contributed by atoms with Crippen LogP contribution in [0.15, 0.2) is 49.6 Å². The van der Waals surface area contributed by atoms with Crippen molar-refractivity contribution in [2.45, 2.75) is 53.8 Å². The lowest BCUT2D eigenvalue weighted by atomic mass is 9.71. The van der Waals surface area contributed by atoms with Crippen molar-refractivity contribution in [1.82, 2.24) is 24.8 Å². The molecule has 1 aromatic carbocycles. The fourth-order valence-electron chi connectivity index (χ4n) is 6.56. The molecule has 214 valence electrons. The van der Waals surface area contributed by atoms with Crippen molar-refractivity contribution in [3.05, 3.63) is 49.6 Å². The number of carbonyl (C=O) groups is 3. The molecule has 1 N–H and O–H groups in total. The first-order valence-corrected chi connectivity index (χ1v) is 15.2. The first-order chi connectivity index (χ1) is 19.2. The Bertz CT molecular complexity index is 1340. The minimum Gasteiger partial charge on any atom is -0.461 e. The maximum Gasteiger partial charge on any atom is 0.311 e. The van der Waals surface area contributed by atoms with Gasteiger partial charge in [0.05, 0.1) is 34.7 Å². The minimum atomic E-state index is -0.897. The first kappa shape index (κ1) is 28.8. The van der Waals surface area contributed by atoms with E-state index in [1.807, 2.05) is 38.1 Å². The summed E-state index contributed by atoms with van der Waals surface area (Å²) in [6.07, 6.45) is 3.67. The van der Waals surface area contributed by atoms with Crippen LogP contribution in [-0.2, 0) is 25.8 Å². The van der Waals surface area contributed by atoms with E-state index < -0.39 is 34.6 Å². The molecular weight excluding hydrogens is 598 g/mol. The van der Waals surface area contributed by atoms with Crippen LogP contribution in [0.1, 0.15) is 20.3 Å². The Morgan fingerprint density at radius 3 is 2.75 bits per heavy atom. The number of rotatable bonds is 11. The molecule has 5 rings (SSSR count). The van der Waals surface area contributed by atoms with Crippen molar-refractivity contribution in [3.8, 4) is 0 Å². The highest BCUT2D eigenvalue weighted by atomic mass is 79.9. The molecule has 4 heterocycles. The van der Waals surface area contributed by atoms with Crippen LogP contribution < -0.4 is 0 Å². The second-order valence-corrected chi connectivity index (χ2v) is 13.6. The average molecular weight is 633 g/mol. The van der Waals surface area contributed by atoms with Gasteiger partial charge in [0, 0.05) is 16.6 Å². The third-order valence-electron chi connectivity index (χ3n) is 8.28. The Balaban J connectivity index is 1.58. The van der Waals surface area contributed by atoms with Gasteiger partial charge in [-0.25, -0.2) is 4.68 Å². The van der Waals surface area contributed by atoms with Crippen molar-refractivity contribution in [3.63, 3.8) is 0 Å². The van der Waals surface area contributed by atoms with E-state index in [0.717, 1.165) is 5.52 Å². The fraction of sp³-hybridized carbons (Fsp3) is 0.536. The predicted octanol–water partition coefficient (Wildman–Crippen LogP) is 2.61. The van der Waals surface area contributed by atoms with Crippen LogP contribution in [0.4, 0.5) is 0 Å². The number of ether oxygens (including phenoxy) is 1. The summed E-state index contributed by atoms with van der Waals surface area (Å²) in [5, 5.41) is 18.7. The number of hydrogen-bond donors (Lipinski definition) is 1. The van der Waals surface area contributed by atoms with E-state index in [9.17, 15) is 19.5 Å². The molecule has 12 heteroatoms. The number of esters is 1. The van der Waals surface area contributed by atoms with Crippen molar-refractivity contribution < 1.29 is 24.2 Å². The van der Waals surface area contributed by atoms with Crippen molar-refractivity contribution in [2.75, 3.05) is 19.8 Å². The summed E-state index contributed by atoms with van der Waals surface area (Å²) >= 11 is 5.29. The number of carbonyl (C=O) groups excluding carboxylic acids is 3. The molecule has 0 radical (unpaired) electrons. The van der Waals surface area contributed by atoms with Gasteiger partial charge >= 0.3 is 5.97 Å². The van der Waals surface area contributed by atoms with Crippen LogP contribution in [0.25, 0.3) is 11.0 Å². The second-order valence-electron chi connectivity index (χ2n) is 10.9. The number of aliphatic hydroxyl groups is 1. The van der Waals surface area contributed by atoms with Gasteiger partial charge in [-0.05, 0) is 24.5 Å². The monoisotopic (exact) mass is 631 g/mol. The van der Waals surface area contributed by atoms with Crippen molar-refractivity contribution >= 4 is 56.5 Å². The Hall–Kier alpha value is -2.70. The number of benzene rings is 1. The number of thioether (sulfide) groups is 1. The zero-order valence-corrected chi connectivity index (χ0v) is 25.0. The molecule has 2 bridgehead atoms.